The van der Waals surface area contributed by atoms with Crippen LogP contribution in [0, 0.1) is 0 Å². The van der Waals surface area contributed by atoms with Crippen LogP contribution in [-0.2, 0) is 11.3 Å². The van der Waals surface area contributed by atoms with E-state index < -0.39 is 0 Å². The summed E-state index contributed by atoms with van der Waals surface area (Å²) in [6, 6.07) is 11.1. The summed E-state index contributed by atoms with van der Waals surface area (Å²) in [6.45, 7) is 0.430. The number of amides is 1. The number of aromatic nitrogens is 1. The van der Waals surface area contributed by atoms with Crippen LogP contribution in [0.15, 0.2) is 47.6 Å². The zero-order chi connectivity index (χ0) is 15.1. The topological polar surface area (TPSA) is 51.2 Å². The summed E-state index contributed by atoms with van der Waals surface area (Å²) in [6.07, 6.45) is 1.65. The van der Waals surface area contributed by atoms with Crippen molar-refractivity contribution in [1.29, 1.82) is 0 Å². The number of nitrogens with one attached hydrogen (secondary N) is 1. The second kappa shape index (κ2) is 7.90. The van der Waals surface area contributed by atoms with Crippen LogP contribution in [0.1, 0.15) is 5.56 Å². The van der Waals surface area contributed by atoms with Crippen LogP contribution in [0.5, 0.6) is 5.75 Å². The Balaban J connectivity index is 1.84. The Bertz CT molecular complexity index is 622. The number of methoxy groups -OCH3 is 1. The highest BCUT2D eigenvalue weighted by Gasteiger charge is 2.08. The molecule has 0 bridgehead atoms. The molecule has 0 radical (unpaired) electrons. The Morgan fingerprint density at radius 1 is 1.33 bits per heavy atom. The van der Waals surface area contributed by atoms with E-state index in [1.165, 1.54) is 11.8 Å². The molecule has 1 heterocycles. The second-order valence-corrected chi connectivity index (χ2v) is 5.54. The van der Waals surface area contributed by atoms with E-state index in [2.05, 4.69) is 10.3 Å². The third-order valence-corrected chi connectivity index (χ3v) is 4.16. The van der Waals surface area contributed by atoms with E-state index >= 15 is 0 Å². The maximum Gasteiger partial charge on any atom is 0.230 e. The van der Waals surface area contributed by atoms with Gasteiger partial charge in [0.15, 0.2) is 0 Å². The predicted octanol–water partition coefficient (Wildman–Crippen LogP) is 3.15. The van der Waals surface area contributed by atoms with Crippen molar-refractivity contribution in [3.63, 3.8) is 0 Å². The Morgan fingerprint density at radius 2 is 2.14 bits per heavy atom. The van der Waals surface area contributed by atoms with Gasteiger partial charge in [-0.3, -0.25) is 4.79 Å². The summed E-state index contributed by atoms with van der Waals surface area (Å²) in [7, 11) is 1.61. The molecule has 0 unspecified atom stereocenters. The summed E-state index contributed by atoms with van der Waals surface area (Å²) in [5.74, 6) is 0.956. The van der Waals surface area contributed by atoms with Gasteiger partial charge in [-0.2, -0.15) is 0 Å². The van der Waals surface area contributed by atoms with Crippen LogP contribution in [0.2, 0.25) is 5.02 Å². The molecular formula is C15H15ClN2O2S. The van der Waals surface area contributed by atoms with Gasteiger partial charge >= 0.3 is 0 Å². The van der Waals surface area contributed by atoms with Crippen LogP contribution in [-0.4, -0.2) is 23.8 Å². The van der Waals surface area contributed by atoms with Crippen molar-refractivity contribution >= 4 is 29.3 Å². The van der Waals surface area contributed by atoms with Crippen molar-refractivity contribution in [2.24, 2.45) is 0 Å². The lowest BCUT2D eigenvalue weighted by molar-refractivity contribution is -0.118. The molecule has 1 N–H and O–H groups in total. The number of pyridine rings is 1. The van der Waals surface area contributed by atoms with Gasteiger partial charge in [-0.1, -0.05) is 41.6 Å². The number of hydrogen-bond acceptors (Lipinski definition) is 4. The monoisotopic (exact) mass is 322 g/mol. The molecule has 0 saturated heterocycles. The van der Waals surface area contributed by atoms with E-state index in [1.54, 1.807) is 25.4 Å². The fraction of sp³-hybridized carbons (Fsp3) is 0.200. The van der Waals surface area contributed by atoms with E-state index in [0.717, 1.165) is 11.3 Å². The molecule has 1 aromatic carbocycles. The minimum absolute atomic E-state index is 0.0763. The Labute approximate surface area is 132 Å². The molecule has 0 aliphatic carbocycles. The molecule has 2 aromatic rings. The molecule has 6 heteroatoms. The second-order valence-electron chi connectivity index (χ2n) is 4.17. The molecule has 4 nitrogen and oxygen atoms in total. The van der Waals surface area contributed by atoms with Gasteiger partial charge in [0.2, 0.25) is 5.91 Å². The molecule has 0 aliphatic heterocycles. The van der Waals surface area contributed by atoms with Crippen molar-refractivity contribution in [2.45, 2.75) is 11.6 Å². The fourth-order valence-electron chi connectivity index (χ4n) is 1.71. The maximum absolute atomic E-state index is 11.9. The largest absolute Gasteiger partial charge is 0.496 e. The molecule has 1 amide bonds. The van der Waals surface area contributed by atoms with Gasteiger partial charge in [0, 0.05) is 18.3 Å². The molecule has 2 rings (SSSR count). The lowest BCUT2D eigenvalue weighted by atomic mass is 10.2. The summed E-state index contributed by atoms with van der Waals surface area (Å²) in [5.41, 5.74) is 0.939. The number of nitrogens with zero attached hydrogens (tertiary/aromatic N) is 1. The number of hydrogen-bond donors (Lipinski definition) is 1. The first-order valence-corrected chi connectivity index (χ1v) is 7.69. The van der Waals surface area contributed by atoms with Gasteiger partial charge in [0.1, 0.15) is 10.8 Å². The van der Waals surface area contributed by atoms with Crippen LogP contribution in [0.4, 0.5) is 0 Å². The first-order chi connectivity index (χ1) is 10.2. The summed E-state index contributed by atoms with van der Waals surface area (Å²) < 4.78 is 5.24. The first kappa shape index (κ1) is 15.7. The molecule has 0 saturated carbocycles. The maximum atomic E-state index is 11.9. The molecule has 110 valence electrons. The molecular weight excluding hydrogens is 308 g/mol. The van der Waals surface area contributed by atoms with Crippen LogP contribution in [0.25, 0.3) is 0 Å². The van der Waals surface area contributed by atoms with Gasteiger partial charge in [-0.05, 0) is 18.2 Å². The number of rotatable bonds is 6. The van der Waals surface area contributed by atoms with E-state index in [1.807, 2.05) is 24.3 Å². The number of ether oxygens (including phenoxy) is 1. The SMILES string of the molecule is COc1ccccc1CNC(=O)CSc1ncccc1Cl. The van der Waals surface area contributed by atoms with Gasteiger partial charge in [0.25, 0.3) is 0 Å². The van der Waals surface area contributed by atoms with Crippen molar-refractivity contribution in [3.8, 4) is 5.75 Å². The molecule has 0 atom stereocenters. The average molecular weight is 323 g/mol. The van der Waals surface area contributed by atoms with Gasteiger partial charge in [-0.25, -0.2) is 4.98 Å². The zero-order valence-corrected chi connectivity index (χ0v) is 13.1. The number of thioether (sulfide) groups is 1. The lowest BCUT2D eigenvalue weighted by Crippen LogP contribution is -2.24. The van der Waals surface area contributed by atoms with Crippen molar-refractivity contribution in [2.75, 3.05) is 12.9 Å². The summed E-state index contributed by atoms with van der Waals surface area (Å²) in [4.78, 5) is 16.0. The number of para-hydroxylation sites is 1. The molecule has 1 aromatic heterocycles. The Hall–Kier alpha value is -1.72. The van der Waals surface area contributed by atoms with Gasteiger partial charge < -0.3 is 10.1 Å². The third-order valence-electron chi connectivity index (χ3n) is 2.73. The smallest absolute Gasteiger partial charge is 0.230 e. The zero-order valence-electron chi connectivity index (χ0n) is 11.5. The number of halogens is 1. The summed E-state index contributed by atoms with van der Waals surface area (Å²) >= 11 is 7.30. The average Bonchev–Trinajstić information content (AvgIpc) is 2.52. The van der Waals surface area contributed by atoms with Crippen LogP contribution < -0.4 is 10.1 Å². The van der Waals surface area contributed by atoms with Crippen molar-refractivity contribution < 1.29 is 9.53 Å². The van der Waals surface area contributed by atoms with Crippen molar-refractivity contribution in [1.82, 2.24) is 10.3 Å². The molecule has 21 heavy (non-hydrogen) atoms. The fourth-order valence-corrected chi connectivity index (χ4v) is 2.70. The lowest BCUT2D eigenvalue weighted by Gasteiger charge is -2.09. The first-order valence-electron chi connectivity index (χ1n) is 6.32. The van der Waals surface area contributed by atoms with E-state index in [9.17, 15) is 4.79 Å². The van der Waals surface area contributed by atoms with Crippen molar-refractivity contribution in [3.05, 3.63) is 53.2 Å². The standard InChI is InChI=1S/C15H15ClN2O2S/c1-20-13-7-3-2-5-11(13)9-18-14(19)10-21-15-12(16)6-4-8-17-15/h2-8H,9-10H2,1H3,(H,18,19). The van der Waals surface area contributed by atoms with Gasteiger partial charge in [0.05, 0.1) is 17.9 Å². The Kier molecular flexibility index (Phi) is 5.90. The minimum Gasteiger partial charge on any atom is -0.496 e. The van der Waals surface area contributed by atoms with E-state index in [0.29, 0.717) is 16.6 Å². The molecule has 0 fully saturated rings. The van der Waals surface area contributed by atoms with Gasteiger partial charge in [-0.15, -0.1) is 0 Å². The normalized spacial score (nSPS) is 10.2. The molecule has 0 aliphatic rings. The number of carbonyl (C=O) groups is 1. The van der Waals surface area contributed by atoms with Crippen LogP contribution >= 0.6 is 23.4 Å². The highest BCUT2D eigenvalue weighted by atomic mass is 35.5. The summed E-state index contributed by atoms with van der Waals surface area (Å²) in [5, 5.41) is 4.07. The number of benzene rings is 1. The Morgan fingerprint density at radius 3 is 2.90 bits per heavy atom. The highest BCUT2D eigenvalue weighted by molar-refractivity contribution is 8.00. The predicted molar refractivity (Wildman–Crippen MR) is 84.8 cm³/mol. The number of carbonyl (C=O) groups excluding carboxylic acids is 1. The van der Waals surface area contributed by atoms with E-state index in [-0.39, 0.29) is 11.7 Å². The third kappa shape index (κ3) is 4.65. The highest BCUT2D eigenvalue weighted by Crippen LogP contribution is 2.23. The van der Waals surface area contributed by atoms with E-state index in [4.69, 9.17) is 16.3 Å². The minimum atomic E-state index is -0.0763. The molecule has 0 spiro atoms. The quantitative estimate of drug-likeness (QED) is 0.830. The van der Waals surface area contributed by atoms with Crippen LogP contribution in [0.3, 0.4) is 0 Å².